The van der Waals surface area contributed by atoms with Gasteiger partial charge in [0.2, 0.25) is 10.0 Å². The van der Waals surface area contributed by atoms with Gasteiger partial charge in [-0.2, -0.15) is 0 Å². The van der Waals surface area contributed by atoms with Crippen LogP contribution >= 0.6 is 0 Å². The Kier molecular flexibility index (Phi) is 5.97. The fourth-order valence-corrected chi connectivity index (χ4v) is 2.60. The molecule has 0 bridgehead atoms. The Morgan fingerprint density at radius 3 is 2.37 bits per heavy atom. The molecule has 0 saturated carbocycles. The highest BCUT2D eigenvalue weighted by Gasteiger charge is 2.20. The van der Waals surface area contributed by atoms with E-state index in [0.29, 0.717) is 13.1 Å². The smallest absolute Gasteiger partial charge is 0.215 e. The van der Waals surface area contributed by atoms with E-state index in [2.05, 4.69) is 10.0 Å². The first-order valence-corrected chi connectivity index (χ1v) is 8.14. The van der Waals surface area contributed by atoms with Crippen LogP contribution in [0.15, 0.2) is 24.3 Å². The van der Waals surface area contributed by atoms with Crippen LogP contribution in [-0.4, -0.2) is 26.3 Å². The number of benzene rings is 1. The van der Waals surface area contributed by atoms with Gasteiger partial charge in [-0.3, -0.25) is 0 Å². The fourth-order valence-electron chi connectivity index (χ4n) is 1.64. The number of rotatable bonds is 7. The molecule has 1 unspecified atom stereocenters. The highest BCUT2D eigenvalue weighted by molar-refractivity contribution is 7.90. The molecule has 0 aliphatic carbocycles. The summed E-state index contributed by atoms with van der Waals surface area (Å²) in [6.07, 6.45) is 0. The summed E-state index contributed by atoms with van der Waals surface area (Å²) < 4.78 is 26.8. The molecular weight excluding hydrogens is 260 g/mol. The van der Waals surface area contributed by atoms with Crippen molar-refractivity contribution in [3.63, 3.8) is 0 Å². The van der Waals surface area contributed by atoms with Crippen molar-refractivity contribution in [2.45, 2.75) is 45.5 Å². The van der Waals surface area contributed by atoms with Gasteiger partial charge in [0.05, 0.1) is 5.25 Å². The van der Waals surface area contributed by atoms with E-state index in [9.17, 15) is 8.42 Å². The maximum absolute atomic E-state index is 12.1. The Hall–Kier alpha value is -0.910. The first kappa shape index (κ1) is 16.1. The van der Waals surface area contributed by atoms with Gasteiger partial charge in [0.15, 0.2) is 0 Å². The van der Waals surface area contributed by atoms with Gasteiger partial charge in [-0.1, -0.05) is 38.1 Å². The average Bonchev–Trinajstić information content (AvgIpc) is 2.34. The third-order valence-electron chi connectivity index (χ3n) is 3.07. The lowest BCUT2D eigenvalue weighted by molar-refractivity contribution is 0.540. The molecule has 1 aromatic rings. The maximum Gasteiger partial charge on any atom is 0.215 e. The Bertz CT molecular complexity index is 498. The predicted octanol–water partition coefficient (Wildman–Crippen LogP) is 1.80. The number of nitrogens with one attached hydrogen (secondary N) is 2. The van der Waals surface area contributed by atoms with E-state index >= 15 is 0 Å². The monoisotopic (exact) mass is 284 g/mol. The minimum absolute atomic E-state index is 0.286. The number of sulfonamides is 1. The summed E-state index contributed by atoms with van der Waals surface area (Å²) in [6.45, 7) is 8.50. The number of hydrogen-bond donors (Lipinski definition) is 2. The molecule has 19 heavy (non-hydrogen) atoms. The zero-order valence-corrected chi connectivity index (χ0v) is 12.9. The van der Waals surface area contributed by atoms with E-state index in [0.717, 1.165) is 11.1 Å². The molecule has 0 aromatic heterocycles. The van der Waals surface area contributed by atoms with Crippen molar-refractivity contribution in [2.24, 2.45) is 0 Å². The second-order valence-corrected chi connectivity index (χ2v) is 7.35. The molecule has 0 amide bonds. The van der Waals surface area contributed by atoms with Gasteiger partial charge < -0.3 is 5.32 Å². The van der Waals surface area contributed by atoms with Crippen molar-refractivity contribution in [2.75, 3.05) is 6.54 Å². The molecule has 2 N–H and O–H groups in total. The third kappa shape index (κ3) is 5.30. The summed E-state index contributed by atoms with van der Waals surface area (Å²) >= 11 is 0. The van der Waals surface area contributed by atoms with Gasteiger partial charge in [-0.15, -0.1) is 0 Å². The lowest BCUT2D eigenvalue weighted by Crippen LogP contribution is -2.40. The van der Waals surface area contributed by atoms with Crippen LogP contribution in [0.4, 0.5) is 0 Å². The van der Waals surface area contributed by atoms with Crippen LogP contribution in [0.5, 0.6) is 0 Å². The summed E-state index contributed by atoms with van der Waals surface area (Å²) in [6, 6.07) is 8.07. The van der Waals surface area contributed by atoms with Gasteiger partial charge in [0.1, 0.15) is 0 Å². The summed E-state index contributed by atoms with van der Waals surface area (Å²) in [5.74, 6) is 0. The van der Waals surface area contributed by atoms with Gasteiger partial charge in [0, 0.05) is 19.1 Å². The first-order chi connectivity index (χ1) is 8.83. The second-order valence-electron chi connectivity index (χ2n) is 5.17. The van der Waals surface area contributed by atoms with E-state index in [1.54, 1.807) is 6.92 Å². The highest BCUT2D eigenvalue weighted by atomic mass is 32.2. The summed E-state index contributed by atoms with van der Waals surface area (Å²) in [7, 11) is -3.28. The van der Waals surface area contributed by atoms with E-state index in [4.69, 9.17) is 0 Å². The Balaban J connectivity index is 2.58. The van der Waals surface area contributed by atoms with Crippen molar-refractivity contribution in [3.05, 3.63) is 35.4 Å². The molecule has 0 spiro atoms. The number of hydrogen-bond acceptors (Lipinski definition) is 3. The molecule has 0 aliphatic rings. The quantitative estimate of drug-likeness (QED) is 0.803. The SMILES string of the molecule is Cc1ccccc1CNS(=O)(=O)C(C)CNC(C)C. The lowest BCUT2D eigenvalue weighted by Gasteiger charge is -2.16. The summed E-state index contributed by atoms with van der Waals surface area (Å²) in [4.78, 5) is 0. The van der Waals surface area contributed by atoms with Crippen molar-refractivity contribution in [1.29, 1.82) is 0 Å². The topological polar surface area (TPSA) is 58.2 Å². The van der Waals surface area contributed by atoms with Crippen LogP contribution in [0, 0.1) is 6.92 Å². The summed E-state index contributed by atoms with van der Waals surface area (Å²) in [5.41, 5.74) is 2.10. The molecule has 1 aromatic carbocycles. The van der Waals surface area contributed by atoms with Crippen molar-refractivity contribution >= 4 is 10.0 Å². The Labute approximate surface area is 116 Å². The molecular formula is C14H24N2O2S. The van der Waals surface area contributed by atoms with Gasteiger partial charge in [0.25, 0.3) is 0 Å². The van der Waals surface area contributed by atoms with E-state index in [1.807, 2.05) is 45.0 Å². The van der Waals surface area contributed by atoms with Crippen molar-refractivity contribution in [1.82, 2.24) is 10.0 Å². The van der Waals surface area contributed by atoms with Crippen molar-refractivity contribution < 1.29 is 8.42 Å². The van der Waals surface area contributed by atoms with Crippen LogP contribution in [0.25, 0.3) is 0 Å². The lowest BCUT2D eigenvalue weighted by atomic mass is 10.1. The molecule has 5 heteroatoms. The maximum atomic E-state index is 12.1. The second kappa shape index (κ2) is 7.03. The highest BCUT2D eigenvalue weighted by Crippen LogP contribution is 2.08. The molecule has 108 valence electrons. The largest absolute Gasteiger partial charge is 0.313 e. The standard InChI is InChI=1S/C14H24N2O2S/c1-11(2)15-9-13(4)19(17,18)16-10-14-8-6-5-7-12(14)3/h5-8,11,13,15-16H,9-10H2,1-4H3. The fraction of sp³-hybridized carbons (Fsp3) is 0.571. The normalized spacial score (nSPS) is 13.7. The molecule has 0 heterocycles. The van der Waals surface area contributed by atoms with Gasteiger partial charge in [-0.25, -0.2) is 13.1 Å². The molecule has 1 atom stereocenters. The average molecular weight is 284 g/mol. The molecule has 0 aliphatic heterocycles. The molecule has 4 nitrogen and oxygen atoms in total. The van der Waals surface area contributed by atoms with Crippen LogP contribution < -0.4 is 10.0 Å². The predicted molar refractivity (Wildman–Crippen MR) is 79.5 cm³/mol. The summed E-state index contributed by atoms with van der Waals surface area (Å²) in [5, 5.41) is 2.70. The van der Waals surface area contributed by atoms with Gasteiger partial charge in [-0.05, 0) is 25.0 Å². The van der Waals surface area contributed by atoms with E-state index < -0.39 is 15.3 Å². The first-order valence-electron chi connectivity index (χ1n) is 6.59. The Morgan fingerprint density at radius 1 is 1.16 bits per heavy atom. The number of aryl methyl sites for hydroxylation is 1. The Morgan fingerprint density at radius 2 is 1.79 bits per heavy atom. The van der Waals surface area contributed by atoms with E-state index in [1.165, 1.54) is 0 Å². The minimum Gasteiger partial charge on any atom is -0.313 e. The van der Waals surface area contributed by atoms with Crippen LogP contribution in [0.1, 0.15) is 31.9 Å². The van der Waals surface area contributed by atoms with Crippen LogP contribution in [-0.2, 0) is 16.6 Å². The zero-order valence-electron chi connectivity index (χ0n) is 12.1. The van der Waals surface area contributed by atoms with E-state index in [-0.39, 0.29) is 6.04 Å². The molecule has 0 radical (unpaired) electrons. The molecule has 0 fully saturated rings. The van der Waals surface area contributed by atoms with Crippen LogP contribution in [0.3, 0.4) is 0 Å². The van der Waals surface area contributed by atoms with Crippen molar-refractivity contribution in [3.8, 4) is 0 Å². The third-order valence-corrected chi connectivity index (χ3v) is 4.84. The van der Waals surface area contributed by atoms with Crippen LogP contribution in [0.2, 0.25) is 0 Å². The molecule has 0 saturated heterocycles. The minimum atomic E-state index is -3.28. The zero-order chi connectivity index (χ0) is 14.5. The molecule has 1 rings (SSSR count). The van der Waals surface area contributed by atoms with Gasteiger partial charge >= 0.3 is 0 Å².